The molecule has 0 bridgehead atoms. The summed E-state index contributed by atoms with van der Waals surface area (Å²) in [5.74, 6) is -1.34. The first-order valence-electron chi connectivity index (χ1n) is 21.4. The van der Waals surface area contributed by atoms with Crippen LogP contribution in [0.1, 0.15) is 230 Å². The van der Waals surface area contributed by atoms with Gasteiger partial charge in [0.05, 0.1) is 0 Å². The number of rotatable bonds is 36. The topological polar surface area (TPSA) is 74.7 Å². The Bertz CT molecular complexity index is 1010. The van der Waals surface area contributed by atoms with E-state index in [1.807, 2.05) is 0 Å². The van der Waals surface area contributed by atoms with Gasteiger partial charge in [-0.3, -0.25) is 9.35 Å². The number of amides is 1. The van der Waals surface area contributed by atoms with E-state index in [2.05, 4.69) is 13.8 Å². The average molecular weight is 724 g/mol. The number of carbonyl (C=O) groups is 1. The van der Waals surface area contributed by atoms with Gasteiger partial charge in [0, 0.05) is 18.7 Å². The lowest BCUT2D eigenvalue weighted by atomic mass is 10.0. The Morgan fingerprint density at radius 3 is 1.08 bits per heavy atom. The molecule has 0 radical (unpaired) electrons. The fourth-order valence-electron chi connectivity index (χ4n) is 7.03. The van der Waals surface area contributed by atoms with Crippen molar-refractivity contribution in [2.24, 2.45) is 0 Å². The van der Waals surface area contributed by atoms with E-state index in [-0.39, 0.29) is 11.5 Å². The summed E-state index contributed by atoms with van der Waals surface area (Å²) in [6.07, 6.45) is 41.3. The van der Waals surface area contributed by atoms with Crippen molar-refractivity contribution in [2.45, 2.75) is 224 Å². The Labute approximate surface area is 309 Å². The maximum atomic E-state index is 14.1. The number of benzene rings is 1. The lowest BCUT2D eigenvalue weighted by molar-refractivity contribution is 0.0748. The third-order valence-electron chi connectivity index (χ3n) is 10.3. The molecule has 5 nitrogen and oxygen atoms in total. The van der Waals surface area contributed by atoms with Gasteiger partial charge in [0.1, 0.15) is 10.7 Å². The monoisotopic (exact) mass is 724 g/mol. The molecule has 292 valence electrons. The average Bonchev–Trinajstić information content (AvgIpc) is 3.09. The van der Waals surface area contributed by atoms with Crippen molar-refractivity contribution in [1.82, 2.24) is 4.90 Å². The van der Waals surface area contributed by atoms with Gasteiger partial charge < -0.3 is 4.90 Å². The van der Waals surface area contributed by atoms with Gasteiger partial charge in [0.25, 0.3) is 16.0 Å². The van der Waals surface area contributed by atoms with E-state index < -0.39 is 20.8 Å². The number of unbranched alkanes of at least 4 members (excludes halogenated alkanes) is 30. The number of halogens is 1. The second-order valence-electron chi connectivity index (χ2n) is 15.0. The highest BCUT2D eigenvalue weighted by Crippen LogP contribution is 2.20. The van der Waals surface area contributed by atoms with Crippen molar-refractivity contribution in [2.75, 3.05) is 13.1 Å². The zero-order valence-corrected chi connectivity index (χ0v) is 33.5. The summed E-state index contributed by atoms with van der Waals surface area (Å²) in [5.41, 5.74) is 0.104. The predicted octanol–water partition coefficient (Wildman–Crippen LogP) is 14.0. The highest BCUT2D eigenvalue weighted by molar-refractivity contribution is 7.85. The summed E-state index contributed by atoms with van der Waals surface area (Å²) in [7, 11) is -4.75. The maximum absolute atomic E-state index is 14.1. The molecule has 1 amide bonds. The van der Waals surface area contributed by atoms with Crippen LogP contribution in [0, 0.1) is 5.82 Å². The molecule has 0 unspecified atom stereocenters. The van der Waals surface area contributed by atoms with Crippen molar-refractivity contribution in [1.29, 1.82) is 0 Å². The molecule has 0 heterocycles. The fourth-order valence-corrected chi connectivity index (χ4v) is 7.62. The molecule has 0 saturated carbocycles. The Balaban J connectivity index is 2.31. The molecule has 0 aliphatic rings. The summed E-state index contributed by atoms with van der Waals surface area (Å²) in [6, 6.07) is 3.25. The molecular weight excluding hydrogens is 646 g/mol. The molecule has 7 heteroatoms. The van der Waals surface area contributed by atoms with E-state index in [1.165, 1.54) is 173 Å². The first-order chi connectivity index (χ1) is 24.3. The van der Waals surface area contributed by atoms with E-state index in [4.69, 9.17) is 0 Å². The summed E-state index contributed by atoms with van der Waals surface area (Å²) in [5, 5.41) is 0. The Morgan fingerprint density at radius 1 is 0.520 bits per heavy atom. The van der Waals surface area contributed by atoms with Crippen LogP contribution in [-0.2, 0) is 10.1 Å². The van der Waals surface area contributed by atoms with Crippen LogP contribution in [0.5, 0.6) is 0 Å². The minimum Gasteiger partial charge on any atom is -0.339 e. The Kier molecular flexibility index (Phi) is 30.0. The summed E-state index contributed by atoms with van der Waals surface area (Å²) < 4.78 is 46.9. The second-order valence-corrected chi connectivity index (χ2v) is 16.4. The van der Waals surface area contributed by atoms with Crippen molar-refractivity contribution in [3.63, 3.8) is 0 Å². The SMILES string of the molecule is CCCCCCCCCCCCCCCCCCN(CCCCCCCCCCCCCCCCCC)C(=O)c1ccc(F)c(S(=O)(=O)O)c1. The highest BCUT2D eigenvalue weighted by Gasteiger charge is 2.21. The van der Waals surface area contributed by atoms with Gasteiger partial charge in [0.2, 0.25) is 0 Å². The molecule has 1 aromatic carbocycles. The van der Waals surface area contributed by atoms with Crippen LogP contribution >= 0.6 is 0 Å². The first-order valence-corrected chi connectivity index (χ1v) is 22.8. The number of hydrogen-bond acceptors (Lipinski definition) is 3. The quantitative estimate of drug-likeness (QED) is 0.0552. The minimum absolute atomic E-state index is 0.104. The molecule has 0 aliphatic heterocycles. The molecule has 1 N–H and O–H groups in total. The van der Waals surface area contributed by atoms with E-state index in [0.717, 1.165) is 50.7 Å². The normalized spacial score (nSPS) is 11.8. The van der Waals surface area contributed by atoms with Crippen LogP contribution in [0.3, 0.4) is 0 Å². The van der Waals surface area contributed by atoms with Gasteiger partial charge in [-0.2, -0.15) is 8.42 Å². The number of carbonyl (C=O) groups excluding carboxylic acids is 1. The molecule has 1 aromatic rings. The molecule has 0 atom stereocenters. The zero-order chi connectivity index (χ0) is 36.5. The predicted molar refractivity (Wildman–Crippen MR) is 211 cm³/mol. The van der Waals surface area contributed by atoms with Crippen LogP contribution in [-0.4, -0.2) is 36.9 Å². The van der Waals surface area contributed by atoms with Crippen molar-refractivity contribution in [3.8, 4) is 0 Å². The lowest BCUT2D eigenvalue weighted by Crippen LogP contribution is -2.33. The number of hydrogen-bond donors (Lipinski definition) is 1. The van der Waals surface area contributed by atoms with Crippen molar-refractivity contribution < 1.29 is 22.2 Å². The van der Waals surface area contributed by atoms with Crippen LogP contribution in [0.2, 0.25) is 0 Å². The van der Waals surface area contributed by atoms with Crippen LogP contribution < -0.4 is 0 Å². The molecule has 0 spiro atoms. The third kappa shape index (κ3) is 25.5. The molecule has 0 aromatic heterocycles. The largest absolute Gasteiger partial charge is 0.339 e. The molecule has 0 aliphatic carbocycles. The Morgan fingerprint density at radius 2 is 0.800 bits per heavy atom. The first kappa shape index (κ1) is 46.6. The van der Waals surface area contributed by atoms with Gasteiger partial charge in [-0.15, -0.1) is 0 Å². The van der Waals surface area contributed by atoms with E-state index in [1.54, 1.807) is 4.90 Å². The van der Waals surface area contributed by atoms with Crippen LogP contribution in [0.15, 0.2) is 23.1 Å². The maximum Gasteiger partial charge on any atom is 0.297 e. The van der Waals surface area contributed by atoms with Gasteiger partial charge >= 0.3 is 0 Å². The van der Waals surface area contributed by atoms with Crippen LogP contribution in [0.25, 0.3) is 0 Å². The van der Waals surface area contributed by atoms with Gasteiger partial charge in [0.15, 0.2) is 0 Å². The molecule has 0 saturated heterocycles. The molecular formula is C43H78FNO4S. The zero-order valence-electron chi connectivity index (χ0n) is 32.7. The van der Waals surface area contributed by atoms with E-state index >= 15 is 0 Å². The summed E-state index contributed by atoms with van der Waals surface area (Å²) >= 11 is 0. The van der Waals surface area contributed by atoms with Gasteiger partial charge in [-0.25, -0.2) is 4.39 Å². The molecule has 0 fully saturated rings. The molecule has 1 rings (SSSR count). The standard InChI is InChI=1S/C43H78FNO4S/c1-3-5-7-9-11-13-15-17-19-21-23-25-27-29-31-33-37-45(43(46)40-35-36-41(44)42(39-40)50(47,48)49)38-34-32-30-28-26-24-22-20-18-16-14-12-10-8-6-4-2/h35-36,39H,3-34,37-38H2,1-2H3,(H,47,48,49). The van der Waals surface area contributed by atoms with E-state index in [9.17, 15) is 22.2 Å². The lowest BCUT2D eigenvalue weighted by Gasteiger charge is -2.23. The fraction of sp³-hybridized carbons (Fsp3) is 0.837. The van der Waals surface area contributed by atoms with E-state index in [0.29, 0.717) is 13.1 Å². The Hall–Kier alpha value is -1.47. The molecule has 50 heavy (non-hydrogen) atoms. The van der Waals surface area contributed by atoms with Crippen LogP contribution in [0.4, 0.5) is 4.39 Å². The summed E-state index contributed by atoms with van der Waals surface area (Å²) in [4.78, 5) is 14.4. The third-order valence-corrected chi connectivity index (χ3v) is 11.2. The number of nitrogens with zero attached hydrogens (tertiary/aromatic N) is 1. The second kappa shape index (κ2) is 32.2. The minimum atomic E-state index is -4.75. The van der Waals surface area contributed by atoms with Gasteiger partial charge in [-0.1, -0.05) is 206 Å². The van der Waals surface area contributed by atoms with Gasteiger partial charge in [-0.05, 0) is 31.0 Å². The smallest absolute Gasteiger partial charge is 0.297 e. The summed E-state index contributed by atoms with van der Waals surface area (Å²) in [6.45, 7) is 5.75. The van der Waals surface area contributed by atoms with Crippen molar-refractivity contribution in [3.05, 3.63) is 29.6 Å². The highest BCUT2D eigenvalue weighted by atomic mass is 32.2. The van der Waals surface area contributed by atoms with Crippen molar-refractivity contribution >= 4 is 16.0 Å².